The SMILES string of the molecule is O=C(O)C[C@H](CCCC1CCCCC1)c1nc(-c2ccccc2)no1. The third kappa shape index (κ3) is 5.15. The van der Waals surface area contributed by atoms with Crippen molar-refractivity contribution in [2.75, 3.05) is 0 Å². The standard InChI is InChI=1S/C20H26N2O3/c23-18(24)14-17(13-7-10-15-8-3-1-4-9-15)20-21-19(22-25-20)16-11-5-2-6-12-16/h2,5-6,11-12,15,17H,1,3-4,7-10,13-14H2,(H,23,24)/t17-/m0/s1. The van der Waals surface area contributed by atoms with Crippen LogP contribution in [0.5, 0.6) is 0 Å². The molecule has 0 unspecified atom stereocenters. The van der Waals surface area contributed by atoms with Crippen LogP contribution in [0, 0.1) is 5.92 Å². The van der Waals surface area contributed by atoms with Gasteiger partial charge < -0.3 is 9.63 Å². The molecule has 5 nitrogen and oxygen atoms in total. The number of carboxylic acids is 1. The molecule has 0 aliphatic heterocycles. The zero-order valence-electron chi connectivity index (χ0n) is 14.6. The summed E-state index contributed by atoms with van der Waals surface area (Å²) in [7, 11) is 0. The van der Waals surface area contributed by atoms with Gasteiger partial charge in [0.1, 0.15) is 0 Å². The molecule has 0 bridgehead atoms. The first kappa shape index (κ1) is 17.6. The quantitative estimate of drug-likeness (QED) is 0.727. The monoisotopic (exact) mass is 342 g/mol. The van der Waals surface area contributed by atoms with Gasteiger partial charge in [-0.3, -0.25) is 4.79 Å². The van der Waals surface area contributed by atoms with Crippen LogP contribution in [0.3, 0.4) is 0 Å². The van der Waals surface area contributed by atoms with E-state index in [1.165, 1.54) is 38.5 Å². The van der Waals surface area contributed by atoms with E-state index in [0.29, 0.717) is 11.7 Å². The smallest absolute Gasteiger partial charge is 0.304 e. The summed E-state index contributed by atoms with van der Waals surface area (Å²) in [5, 5.41) is 13.3. The number of aliphatic carboxylic acids is 1. The van der Waals surface area contributed by atoms with Crippen molar-refractivity contribution in [3.05, 3.63) is 36.2 Å². The van der Waals surface area contributed by atoms with Gasteiger partial charge >= 0.3 is 5.97 Å². The molecule has 1 aliphatic rings. The number of carboxylic acid groups (broad SMARTS) is 1. The van der Waals surface area contributed by atoms with Crippen LogP contribution < -0.4 is 0 Å². The first-order valence-corrected chi connectivity index (χ1v) is 9.33. The van der Waals surface area contributed by atoms with Crippen molar-refractivity contribution in [3.63, 3.8) is 0 Å². The zero-order chi connectivity index (χ0) is 17.5. The van der Waals surface area contributed by atoms with Gasteiger partial charge in [-0.05, 0) is 12.3 Å². The average molecular weight is 342 g/mol. The Bertz CT molecular complexity index is 663. The lowest BCUT2D eigenvalue weighted by atomic mass is 9.84. The molecular weight excluding hydrogens is 316 g/mol. The summed E-state index contributed by atoms with van der Waals surface area (Å²) < 4.78 is 5.40. The summed E-state index contributed by atoms with van der Waals surface area (Å²) in [5.74, 6) is 0.762. The molecule has 1 fully saturated rings. The Morgan fingerprint density at radius 2 is 1.96 bits per heavy atom. The maximum Gasteiger partial charge on any atom is 0.304 e. The summed E-state index contributed by atoms with van der Waals surface area (Å²) in [6.07, 6.45) is 9.72. The van der Waals surface area contributed by atoms with Crippen LogP contribution in [0.25, 0.3) is 11.4 Å². The van der Waals surface area contributed by atoms with E-state index in [9.17, 15) is 9.90 Å². The molecule has 1 aliphatic carbocycles. The molecule has 3 rings (SSSR count). The van der Waals surface area contributed by atoms with Gasteiger partial charge in [0.05, 0.1) is 6.42 Å². The normalized spacial score (nSPS) is 16.6. The molecule has 1 heterocycles. The van der Waals surface area contributed by atoms with Gasteiger partial charge in [-0.25, -0.2) is 0 Å². The fraction of sp³-hybridized carbons (Fsp3) is 0.550. The molecule has 2 aromatic rings. The highest BCUT2D eigenvalue weighted by atomic mass is 16.5. The van der Waals surface area contributed by atoms with E-state index in [4.69, 9.17) is 4.52 Å². The van der Waals surface area contributed by atoms with Crippen LogP contribution in [-0.2, 0) is 4.79 Å². The zero-order valence-corrected chi connectivity index (χ0v) is 14.6. The Hall–Kier alpha value is -2.17. The van der Waals surface area contributed by atoms with Crippen molar-refractivity contribution in [1.29, 1.82) is 0 Å². The fourth-order valence-corrected chi connectivity index (χ4v) is 3.76. The van der Waals surface area contributed by atoms with E-state index in [2.05, 4.69) is 10.1 Å². The molecule has 1 atom stereocenters. The minimum absolute atomic E-state index is 0.0427. The first-order chi connectivity index (χ1) is 12.2. The maximum absolute atomic E-state index is 11.2. The number of rotatable bonds is 8. The van der Waals surface area contributed by atoms with Crippen molar-refractivity contribution in [2.24, 2.45) is 5.92 Å². The molecule has 1 aromatic heterocycles. The van der Waals surface area contributed by atoms with Gasteiger partial charge in [0.2, 0.25) is 11.7 Å². The van der Waals surface area contributed by atoms with Crippen LogP contribution >= 0.6 is 0 Å². The molecule has 1 aromatic carbocycles. The minimum atomic E-state index is -0.817. The Morgan fingerprint density at radius 1 is 1.20 bits per heavy atom. The minimum Gasteiger partial charge on any atom is -0.481 e. The maximum atomic E-state index is 11.2. The predicted octanol–water partition coefficient (Wildman–Crippen LogP) is 5.05. The molecule has 0 amide bonds. The van der Waals surface area contributed by atoms with E-state index >= 15 is 0 Å². The second-order valence-corrected chi connectivity index (χ2v) is 7.05. The van der Waals surface area contributed by atoms with E-state index in [1.807, 2.05) is 30.3 Å². The third-order valence-corrected chi connectivity index (χ3v) is 5.13. The Labute approximate surface area is 148 Å². The van der Waals surface area contributed by atoms with Gasteiger partial charge in [0, 0.05) is 11.5 Å². The number of nitrogens with zero attached hydrogens (tertiary/aromatic N) is 2. The number of benzene rings is 1. The summed E-state index contributed by atoms with van der Waals surface area (Å²) in [5.41, 5.74) is 0.883. The highest BCUT2D eigenvalue weighted by Gasteiger charge is 2.23. The molecule has 25 heavy (non-hydrogen) atoms. The van der Waals surface area contributed by atoms with Gasteiger partial charge in [0.25, 0.3) is 0 Å². The van der Waals surface area contributed by atoms with Gasteiger partial charge in [-0.2, -0.15) is 4.98 Å². The molecule has 1 saturated carbocycles. The highest BCUT2D eigenvalue weighted by Crippen LogP contribution is 2.31. The second kappa shape index (κ2) is 8.79. The Balaban J connectivity index is 1.62. The third-order valence-electron chi connectivity index (χ3n) is 5.13. The van der Waals surface area contributed by atoms with Crippen LogP contribution in [0.15, 0.2) is 34.9 Å². The molecule has 0 spiro atoms. The van der Waals surface area contributed by atoms with Gasteiger partial charge in [0.15, 0.2) is 0 Å². The van der Waals surface area contributed by atoms with Crippen LogP contribution in [-0.4, -0.2) is 21.2 Å². The molecule has 1 N–H and O–H groups in total. The second-order valence-electron chi connectivity index (χ2n) is 7.05. The average Bonchev–Trinajstić information content (AvgIpc) is 3.12. The lowest BCUT2D eigenvalue weighted by Gasteiger charge is -2.21. The number of hydrogen-bond donors (Lipinski definition) is 1. The summed E-state index contributed by atoms with van der Waals surface area (Å²) in [6, 6.07) is 9.62. The van der Waals surface area contributed by atoms with Crippen LogP contribution in [0.4, 0.5) is 0 Å². The Kier molecular flexibility index (Phi) is 6.20. The number of hydrogen-bond acceptors (Lipinski definition) is 4. The Morgan fingerprint density at radius 3 is 2.68 bits per heavy atom. The lowest BCUT2D eigenvalue weighted by Crippen LogP contribution is -2.09. The predicted molar refractivity (Wildman–Crippen MR) is 95.2 cm³/mol. The van der Waals surface area contributed by atoms with Crippen LogP contribution in [0.1, 0.15) is 69.6 Å². The summed E-state index contributed by atoms with van der Waals surface area (Å²) in [6.45, 7) is 0. The van der Waals surface area contributed by atoms with E-state index in [0.717, 1.165) is 24.3 Å². The lowest BCUT2D eigenvalue weighted by molar-refractivity contribution is -0.137. The summed E-state index contributed by atoms with van der Waals surface area (Å²) in [4.78, 5) is 15.7. The largest absolute Gasteiger partial charge is 0.481 e. The topological polar surface area (TPSA) is 76.2 Å². The van der Waals surface area contributed by atoms with Crippen molar-refractivity contribution >= 4 is 5.97 Å². The molecule has 0 saturated heterocycles. The van der Waals surface area contributed by atoms with Gasteiger partial charge in [-0.1, -0.05) is 80.4 Å². The number of carbonyl (C=O) groups is 1. The van der Waals surface area contributed by atoms with E-state index in [1.54, 1.807) is 0 Å². The van der Waals surface area contributed by atoms with Crippen molar-refractivity contribution in [3.8, 4) is 11.4 Å². The molecule has 0 radical (unpaired) electrons. The summed E-state index contributed by atoms with van der Waals surface area (Å²) >= 11 is 0. The van der Waals surface area contributed by atoms with Crippen molar-refractivity contribution in [1.82, 2.24) is 10.1 Å². The first-order valence-electron chi connectivity index (χ1n) is 9.33. The fourth-order valence-electron chi connectivity index (χ4n) is 3.76. The van der Waals surface area contributed by atoms with Crippen molar-refractivity contribution < 1.29 is 14.4 Å². The molecule has 5 heteroatoms. The van der Waals surface area contributed by atoms with Gasteiger partial charge in [-0.15, -0.1) is 0 Å². The van der Waals surface area contributed by atoms with E-state index in [-0.39, 0.29) is 12.3 Å². The van der Waals surface area contributed by atoms with Crippen LogP contribution in [0.2, 0.25) is 0 Å². The van der Waals surface area contributed by atoms with E-state index < -0.39 is 5.97 Å². The number of aromatic nitrogens is 2. The molecule has 134 valence electrons. The highest BCUT2D eigenvalue weighted by molar-refractivity contribution is 5.67. The van der Waals surface area contributed by atoms with Crippen molar-refractivity contribution in [2.45, 2.75) is 63.7 Å². The molecular formula is C20H26N2O3.